The molecule has 0 aliphatic heterocycles. The zero-order chi connectivity index (χ0) is 15.6. The third kappa shape index (κ3) is 3.58. The lowest BCUT2D eigenvalue weighted by atomic mass is 10.3. The molecule has 0 saturated heterocycles. The molecule has 0 bridgehead atoms. The van der Waals surface area contributed by atoms with E-state index in [0.717, 1.165) is 6.07 Å². The molecule has 0 heterocycles. The summed E-state index contributed by atoms with van der Waals surface area (Å²) >= 11 is 11.6. The summed E-state index contributed by atoms with van der Waals surface area (Å²) in [5.41, 5.74) is 0.223. The summed E-state index contributed by atoms with van der Waals surface area (Å²) in [5.74, 6) is -0.807. The van der Waals surface area contributed by atoms with Crippen LogP contribution in [0.3, 0.4) is 0 Å². The van der Waals surface area contributed by atoms with Gasteiger partial charge in [-0.25, -0.2) is 12.8 Å². The summed E-state index contributed by atoms with van der Waals surface area (Å²) in [6, 6.07) is 7.61. The number of hydrogen-bond acceptors (Lipinski definition) is 3. The van der Waals surface area contributed by atoms with Crippen molar-refractivity contribution in [3.8, 4) is 5.75 Å². The number of rotatable bonds is 4. The Morgan fingerprint density at radius 1 is 1.10 bits per heavy atom. The van der Waals surface area contributed by atoms with Gasteiger partial charge in [0.25, 0.3) is 10.0 Å². The van der Waals surface area contributed by atoms with Crippen molar-refractivity contribution in [2.45, 2.75) is 4.90 Å². The minimum atomic E-state index is -3.94. The topological polar surface area (TPSA) is 55.4 Å². The summed E-state index contributed by atoms with van der Waals surface area (Å²) in [6.45, 7) is 0. The van der Waals surface area contributed by atoms with Crippen LogP contribution in [0.25, 0.3) is 0 Å². The number of hydrogen-bond donors (Lipinski definition) is 1. The standard InChI is InChI=1S/C13H10Cl2FNO3S/c1-20-13-5-3-9(7-12(13)16)21(18,19)17-8-2-4-10(14)11(15)6-8/h2-7,17H,1H3. The Hall–Kier alpha value is -1.50. The van der Waals surface area contributed by atoms with Gasteiger partial charge in [-0.3, -0.25) is 4.72 Å². The number of sulfonamides is 1. The second-order valence-electron chi connectivity index (χ2n) is 4.03. The molecule has 2 aromatic rings. The van der Waals surface area contributed by atoms with Crippen molar-refractivity contribution in [2.75, 3.05) is 11.8 Å². The van der Waals surface area contributed by atoms with Gasteiger partial charge < -0.3 is 4.74 Å². The van der Waals surface area contributed by atoms with Crippen LogP contribution in [-0.4, -0.2) is 15.5 Å². The van der Waals surface area contributed by atoms with E-state index >= 15 is 0 Å². The van der Waals surface area contributed by atoms with E-state index in [0.29, 0.717) is 5.02 Å². The first-order chi connectivity index (χ1) is 9.83. The Morgan fingerprint density at radius 3 is 2.38 bits per heavy atom. The Balaban J connectivity index is 2.33. The lowest BCUT2D eigenvalue weighted by Crippen LogP contribution is -2.13. The van der Waals surface area contributed by atoms with Crippen LogP contribution in [0.2, 0.25) is 10.0 Å². The van der Waals surface area contributed by atoms with Crippen molar-refractivity contribution in [3.05, 3.63) is 52.3 Å². The minimum absolute atomic E-state index is 0.0384. The molecular formula is C13H10Cl2FNO3S. The number of anilines is 1. The maximum atomic E-state index is 13.6. The number of benzene rings is 2. The van der Waals surface area contributed by atoms with E-state index in [1.54, 1.807) is 0 Å². The summed E-state index contributed by atoms with van der Waals surface area (Å²) < 4.78 is 44.9. The zero-order valence-electron chi connectivity index (χ0n) is 10.7. The first kappa shape index (κ1) is 15.9. The molecule has 0 amide bonds. The van der Waals surface area contributed by atoms with E-state index in [1.165, 1.54) is 37.4 Å². The smallest absolute Gasteiger partial charge is 0.262 e. The van der Waals surface area contributed by atoms with Crippen LogP contribution in [0, 0.1) is 5.82 Å². The molecule has 0 unspecified atom stereocenters. The van der Waals surface area contributed by atoms with Crippen LogP contribution in [0.15, 0.2) is 41.3 Å². The maximum Gasteiger partial charge on any atom is 0.262 e. The van der Waals surface area contributed by atoms with Gasteiger partial charge in [-0.05, 0) is 36.4 Å². The van der Waals surface area contributed by atoms with E-state index < -0.39 is 15.8 Å². The highest BCUT2D eigenvalue weighted by atomic mass is 35.5. The van der Waals surface area contributed by atoms with Crippen LogP contribution in [0.4, 0.5) is 10.1 Å². The fourth-order valence-electron chi connectivity index (χ4n) is 1.59. The molecule has 8 heteroatoms. The van der Waals surface area contributed by atoms with Gasteiger partial charge in [0.15, 0.2) is 11.6 Å². The van der Waals surface area contributed by atoms with Crippen LogP contribution < -0.4 is 9.46 Å². The second kappa shape index (κ2) is 6.09. The number of nitrogens with one attached hydrogen (secondary N) is 1. The summed E-state index contributed by atoms with van der Waals surface area (Å²) in [6.07, 6.45) is 0. The molecule has 112 valence electrons. The van der Waals surface area contributed by atoms with E-state index in [4.69, 9.17) is 27.9 Å². The first-order valence-electron chi connectivity index (χ1n) is 5.65. The SMILES string of the molecule is COc1ccc(S(=O)(=O)Nc2ccc(Cl)c(Cl)c2)cc1F. The number of ether oxygens (including phenoxy) is 1. The van der Waals surface area contributed by atoms with Crippen molar-refractivity contribution in [1.82, 2.24) is 0 Å². The van der Waals surface area contributed by atoms with Gasteiger partial charge in [0.2, 0.25) is 0 Å². The Kier molecular flexibility index (Phi) is 4.61. The third-order valence-corrected chi connectivity index (χ3v) is 4.72. The molecule has 4 nitrogen and oxygen atoms in total. The van der Waals surface area contributed by atoms with Crippen LogP contribution in [0.5, 0.6) is 5.75 Å². The zero-order valence-corrected chi connectivity index (χ0v) is 13.1. The predicted molar refractivity (Wildman–Crippen MR) is 80.2 cm³/mol. The molecule has 0 saturated carbocycles. The van der Waals surface area contributed by atoms with E-state index in [1.807, 2.05) is 0 Å². The van der Waals surface area contributed by atoms with E-state index in [2.05, 4.69) is 4.72 Å². The van der Waals surface area contributed by atoms with Gasteiger partial charge in [-0.2, -0.15) is 0 Å². The van der Waals surface area contributed by atoms with Crippen molar-refractivity contribution in [1.29, 1.82) is 0 Å². The Bertz CT molecular complexity index is 781. The minimum Gasteiger partial charge on any atom is -0.494 e. The lowest BCUT2D eigenvalue weighted by Gasteiger charge is -2.10. The van der Waals surface area contributed by atoms with Crippen LogP contribution in [-0.2, 0) is 10.0 Å². The molecular weight excluding hydrogens is 340 g/mol. The maximum absolute atomic E-state index is 13.6. The molecule has 2 rings (SSSR count). The molecule has 1 N–H and O–H groups in total. The summed E-state index contributed by atoms with van der Waals surface area (Å²) in [4.78, 5) is -0.230. The van der Waals surface area contributed by atoms with E-state index in [9.17, 15) is 12.8 Å². The van der Waals surface area contributed by atoms with E-state index in [-0.39, 0.29) is 21.4 Å². The molecule has 0 aromatic heterocycles. The van der Waals surface area contributed by atoms with Gasteiger partial charge in [0.05, 0.1) is 27.7 Å². The van der Waals surface area contributed by atoms with Crippen LogP contribution in [0.1, 0.15) is 0 Å². The molecule has 2 aromatic carbocycles. The van der Waals surface area contributed by atoms with Gasteiger partial charge in [0.1, 0.15) is 0 Å². The Morgan fingerprint density at radius 2 is 1.81 bits per heavy atom. The van der Waals surface area contributed by atoms with Crippen molar-refractivity contribution in [3.63, 3.8) is 0 Å². The molecule has 0 fully saturated rings. The van der Waals surface area contributed by atoms with Gasteiger partial charge in [-0.1, -0.05) is 23.2 Å². The molecule has 0 radical (unpaired) electrons. The summed E-state index contributed by atoms with van der Waals surface area (Å²) in [5, 5.41) is 0.507. The van der Waals surface area contributed by atoms with Crippen molar-refractivity contribution >= 4 is 38.9 Å². The Labute approximate surface area is 131 Å². The first-order valence-corrected chi connectivity index (χ1v) is 7.89. The van der Waals surface area contributed by atoms with Crippen LogP contribution >= 0.6 is 23.2 Å². The molecule has 0 spiro atoms. The average molecular weight is 350 g/mol. The highest BCUT2D eigenvalue weighted by Gasteiger charge is 2.17. The average Bonchev–Trinajstić information content (AvgIpc) is 2.42. The fraction of sp³-hybridized carbons (Fsp3) is 0.0769. The third-order valence-electron chi connectivity index (χ3n) is 2.61. The van der Waals surface area contributed by atoms with Crippen molar-refractivity contribution < 1.29 is 17.5 Å². The monoisotopic (exact) mass is 349 g/mol. The number of halogens is 3. The largest absolute Gasteiger partial charge is 0.494 e. The molecule has 0 aliphatic rings. The molecule has 0 aliphatic carbocycles. The van der Waals surface area contributed by atoms with Gasteiger partial charge in [0, 0.05) is 0 Å². The molecule has 21 heavy (non-hydrogen) atoms. The highest BCUT2D eigenvalue weighted by molar-refractivity contribution is 7.92. The second-order valence-corrected chi connectivity index (χ2v) is 6.53. The summed E-state index contributed by atoms with van der Waals surface area (Å²) in [7, 11) is -2.65. The lowest BCUT2D eigenvalue weighted by molar-refractivity contribution is 0.385. The normalized spacial score (nSPS) is 11.2. The van der Waals surface area contributed by atoms with Gasteiger partial charge in [-0.15, -0.1) is 0 Å². The highest BCUT2D eigenvalue weighted by Crippen LogP contribution is 2.27. The molecule has 0 atom stereocenters. The van der Waals surface area contributed by atoms with Gasteiger partial charge >= 0.3 is 0 Å². The fourth-order valence-corrected chi connectivity index (χ4v) is 2.95. The predicted octanol–water partition coefficient (Wildman–Crippen LogP) is 3.94. The number of methoxy groups -OCH3 is 1. The van der Waals surface area contributed by atoms with Crippen molar-refractivity contribution in [2.24, 2.45) is 0 Å². The quantitative estimate of drug-likeness (QED) is 0.909.